The summed E-state index contributed by atoms with van der Waals surface area (Å²) in [4.78, 5) is 0. The summed E-state index contributed by atoms with van der Waals surface area (Å²) >= 11 is 0. The summed E-state index contributed by atoms with van der Waals surface area (Å²) in [5, 5.41) is 0. The first-order chi connectivity index (χ1) is 16.3. The second-order valence-electron chi connectivity index (χ2n) is 31.9. The van der Waals surface area contributed by atoms with E-state index in [-0.39, 0.29) is 6.61 Å². The molecule has 0 aromatic carbocycles. The molecule has 6 heterocycles. The molecule has 0 aromatic heterocycles. The van der Waals surface area contributed by atoms with Gasteiger partial charge < -0.3 is 34.4 Å². The van der Waals surface area contributed by atoms with Crippen molar-refractivity contribution in [3.63, 3.8) is 0 Å². The Bertz CT molecular complexity index is 1800. The second-order valence-corrected chi connectivity index (χ2v) is 122. The summed E-state index contributed by atoms with van der Waals surface area (Å²) in [6, 6.07) is 0. The average Bonchev–Trinajstić information content (AvgIpc) is 3.85. The molecule has 0 saturated carbocycles. The average molecular weight is 577 g/mol. The van der Waals surface area contributed by atoms with Crippen LogP contribution in [0.1, 0.15) is 0 Å². The van der Waals surface area contributed by atoms with Gasteiger partial charge in [0.1, 0.15) is 0 Å². The van der Waals surface area contributed by atoms with Crippen LogP contribution in [0.5, 0.6) is 0 Å². The summed E-state index contributed by atoms with van der Waals surface area (Å²) in [5.74, 6) is 0. The van der Waals surface area contributed by atoms with E-state index in [0.717, 1.165) is 0 Å². The van der Waals surface area contributed by atoms with Crippen LogP contribution < -0.4 is 51.6 Å². The van der Waals surface area contributed by atoms with Crippen molar-refractivity contribution in [3.05, 3.63) is 0 Å². The second kappa shape index (κ2) is 2.08. The van der Waals surface area contributed by atoms with E-state index in [1.807, 2.05) is 0 Å². The zero-order valence-corrected chi connectivity index (χ0v) is 25.5. The Kier molecular flexibility index (Phi) is 1.78. The fourth-order valence-corrected chi connectivity index (χ4v) is 165. The topological polar surface area (TPSA) is 270 Å². The fraction of sp³-hybridized carbons (Fsp3) is 1.00. The van der Waals surface area contributed by atoms with E-state index in [1.165, 1.54) is 0 Å². The van der Waals surface area contributed by atoms with Crippen LogP contribution in [0.15, 0.2) is 0 Å². The summed E-state index contributed by atoms with van der Waals surface area (Å²) in [6.45, 7) is 5.31. The van der Waals surface area contributed by atoms with Crippen LogP contribution in [0.2, 0.25) is 61.4 Å². The minimum absolute atomic E-state index is 0.267. The molecule has 6 saturated heterocycles. The normalized spacial score (nSPS) is 68.8. The van der Waals surface area contributed by atoms with Gasteiger partial charge in [0.2, 0.25) is 0 Å². The Labute approximate surface area is 196 Å². The third-order valence-electron chi connectivity index (χ3n) is 35.1. The summed E-state index contributed by atoms with van der Waals surface area (Å²) in [5.41, 5.74) is 48.5. The predicted molar refractivity (Wildman–Crippen MR) is 157 cm³/mol. The van der Waals surface area contributed by atoms with Crippen molar-refractivity contribution in [2.45, 2.75) is 61.4 Å². The molecule has 37 heavy (non-hydrogen) atoms. The molecular formula is C24H66N9O3Ti. The van der Waals surface area contributed by atoms with Gasteiger partial charge in [-0.3, -0.25) is 0 Å². The van der Waals surface area contributed by atoms with Gasteiger partial charge in [-0.25, -0.2) is 0 Å². The number of rotatable bonds is 10. The monoisotopic (exact) mass is 576 g/mol. The van der Waals surface area contributed by atoms with Crippen LogP contribution in [-0.4, -0.2) is 72.1 Å². The zero-order valence-electron chi connectivity index (χ0n) is 23.9. The molecule has 0 atom stereocenters. The molecule has 6 rings (SSSR count). The molecule has 1 spiro atoms. The van der Waals surface area contributed by atoms with E-state index in [2.05, 4.69) is 0 Å². The van der Waals surface area contributed by atoms with Gasteiger partial charge in [0, 0.05) is 39.3 Å². The first-order valence-corrected chi connectivity index (χ1v) is 31.7. The molecule has 18 N–H and O–H groups in total. The molecule has 229 valence electrons. The molecule has 13 heteroatoms. The van der Waals surface area contributed by atoms with Crippen molar-refractivity contribution in [1.82, 2.24) is 0 Å². The van der Waals surface area contributed by atoms with Crippen molar-refractivity contribution in [1.29, 1.82) is 0 Å². The molecule has 0 radical (unpaired) electrons. The number of hydrogen-bond donors (Lipinski definition) is 9. The first kappa shape index (κ1) is 31.6. The minimum atomic E-state index is -9.09. The van der Waals surface area contributed by atoms with E-state index < -0.39 is 1.95 Å². The molecule has 0 aliphatic carbocycles. The van der Waals surface area contributed by atoms with Gasteiger partial charge in [0.15, 0.2) is 0 Å². The van der Waals surface area contributed by atoms with Gasteiger partial charge >= 0.3 is 123 Å². The molecular weight excluding hydrogens is 510 g/mol. The third-order valence-corrected chi connectivity index (χ3v) is 143. The molecule has 6 aliphatic heterocycles. The molecule has 6 fully saturated rings. The molecule has 12 nitrogen and oxygen atoms in total. The van der Waals surface area contributed by atoms with Crippen LogP contribution in [0.25, 0.3) is 0 Å². The number of hydrogen-bond acceptors (Lipinski definition) is 12. The fourth-order valence-electron chi connectivity index (χ4n) is 22.5. The van der Waals surface area contributed by atoms with Crippen LogP contribution in [0, 0.1) is 0 Å². The van der Waals surface area contributed by atoms with E-state index in [4.69, 9.17) is 58.2 Å². The van der Waals surface area contributed by atoms with Gasteiger partial charge in [0.25, 0.3) is 0 Å². The van der Waals surface area contributed by atoms with E-state index in [9.17, 15) is 0 Å². The number of nitrogens with two attached hydrogens (primary N) is 9. The molecule has 0 unspecified atom stereocenters. The van der Waals surface area contributed by atoms with Crippen molar-refractivity contribution in [2.75, 3.05) is 72.1 Å². The zero-order chi connectivity index (χ0) is 28.6. The Morgan fingerprint density at radius 2 is 0.730 bits per heavy atom. The van der Waals surface area contributed by atoms with E-state index in [1.54, 1.807) is 0 Å². The van der Waals surface area contributed by atoms with Crippen LogP contribution in [0.4, 0.5) is 0 Å². The summed E-state index contributed by atoms with van der Waals surface area (Å²) in [7, 11) is 0. The predicted octanol–water partition coefficient (Wildman–Crippen LogP) is 0.884. The van der Waals surface area contributed by atoms with Crippen LogP contribution in [-0.2, 0) is 11.9 Å². The van der Waals surface area contributed by atoms with Gasteiger partial charge in [0.05, 0.1) is 0 Å². The van der Waals surface area contributed by atoms with Crippen molar-refractivity contribution < 1.29 is 11.9 Å². The Morgan fingerprint density at radius 3 is 0.838 bits per heavy atom. The SMILES string of the molecule is NCCN.NCCN.NCCN.NCC[O][Ti]123456(=[O])([CH2]CN)([CH2]CN)([CH2]C[O]1)([CH2][CH2]2)([CH2][CH2]3)([CH2][CH2]4)([CH2][CH2]5)[CH2][CH2]6. The van der Waals surface area contributed by atoms with Crippen molar-refractivity contribution in [2.24, 2.45) is 51.6 Å². The van der Waals surface area contributed by atoms with Crippen molar-refractivity contribution in [3.8, 4) is 0 Å². The molecule has 0 aromatic rings. The summed E-state index contributed by atoms with van der Waals surface area (Å²) < 4.78 is 32.3. The van der Waals surface area contributed by atoms with E-state index >= 15 is 3.32 Å². The molecule has 0 bridgehead atoms. The van der Waals surface area contributed by atoms with Crippen molar-refractivity contribution >= 4 is 0 Å². The van der Waals surface area contributed by atoms with Crippen LogP contribution >= 0.6 is 0 Å². The first-order valence-electron chi connectivity index (χ1n) is 15.5. The van der Waals surface area contributed by atoms with Gasteiger partial charge in [-0.2, -0.15) is 0 Å². The van der Waals surface area contributed by atoms with E-state index in [0.29, 0.717) is 127 Å². The van der Waals surface area contributed by atoms with Gasteiger partial charge in [-0.05, 0) is 0 Å². The standard InChI is InChI=1S/3C2H8N2.C2H6NO.2C2H6N.C2H4O.5C2H4.O.Ti/c4*3-1-2-4;3*1-2-3;5*1-2;;/h3*1-4H2;1-3H2;2*1-3H2;1-2H2;5*1-2H2;;/q;;;-1;;;-1;;;;;;;+2. The quantitative estimate of drug-likeness (QED) is 0.164. The summed E-state index contributed by atoms with van der Waals surface area (Å²) in [6.07, 6.45) is 0. The third kappa shape index (κ3) is 0.798. The Balaban J connectivity index is 0.000000270. The Hall–Kier alpha value is 0.0743. The maximum atomic E-state index is 19.4. The Morgan fingerprint density at radius 1 is 0.459 bits per heavy atom. The molecule has 0 amide bonds. The van der Waals surface area contributed by atoms with Crippen LogP contribution in [0.3, 0.4) is 0 Å². The van der Waals surface area contributed by atoms with Gasteiger partial charge in [-0.15, -0.1) is 0 Å². The van der Waals surface area contributed by atoms with Gasteiger partial charge in [-0.1, -0.05) is 0 Å². The maximum absolute atomic E-state index is 19.4. The molecule has 6 aliphatic rings.